The van der Waals surface area contributed by atoms with Crippen LogP contribution in [-0.2, 0) is 9.47 Å². The Labute approximate surface area is 144 Å². The van der Waals surface area contributed by atoms with E-state index in [4.69, 9.17) is 9.47 Å². The van der Waals surface area contributed by atoms with Crippen molar-refractivity contribution in [2.24, 2.45) is 0 Å². The Bertz CT molecular complexity index is 412. The molecule has 0 aromatic heterocycles. The van der Waals surface area contributed by atoms with Crippen molar-refractivity contribution in [3.63, 3.8) is 0 Å². The van der Waals surface area contributed by atoms with Gasteiger partial charge in [-0.25, -0.2) is 9.59 Å². The lowest BCUT2D eigenvalue weighted by molar-refractivity contribution is 0.0110. The first kappa shape index (κ1) is 18.8. The highest BCUT2D eigenvalue weighted by Crippen LogP contribution is 2.32. The fourth-order valence-corrected chi connectivity index (χ4v) is 3.09. The van der Waals surface area contributed by atoms with Crippen LogP contribution in [0.2, 0.25) is 0 Å². The SMILES string of the molecule is CCCCOCN1C(=O)N(COCCCC)C2C1N(C)C(=O)N2C. The highest BCUT2D eigenvalue weighted by atomic mass is 16.5. The van der Waals surface area contributed by atoms with E-state index in [0.29, 0.717) is 13.2 Å². The van der Waals surface area contributed by atoms with Crippen molar-refractivity contribution >= 4 is 12.1 Å². The van der Waals surface area contributed by atoms with Gasteiger partial charge in [0.05, 0.1) is 0 Å². The van der Waals surface area contributed by atoms with Crippen LogP contribution < -0.4 is 0 Å². The number of amides is 4. The first-order chi connectivity index (χ1) is 11.5. The highest BCUT2D eigenvalue weighted by Gasteiger charge is 2.57. The molecule has 0 aromatic carbocycles. The first-order valence-electron chi connectivity index (χ1n) is 8.76. The average Bonchev–Trinajstić information content (AvgIpc) is 2.97. The summed E-state index contributed by atoms with van der Waals surface area (Å²) >= 11 is 0. The maximum absolute atomic E-state index is 12.8. The molecule has 0 bridgehead atoms. The van der Waals surface area contributed by atoms with Crippen LogP contribution in [0.5, 0.6) is 0 Å². The Morgan fingerprint density at radius 3 is 1.58 bits per heavy atom. The number of ether oxygens (including phenoxy) is 2. The van der Waals surface area contributed by atoms with Crippen molar-refractivity contribution in [3.05, 3.63) is 0 Å². The Kier molecular flexibility index (Phi) is 6.68. The molecule has 2 aliphatic rings. The summed E-state index contributed by atoms with van der Waals surface area (Å²) in [5.41, 5.74) is 0. The molecule has 2 aliphatic heterocycles. The molecule has 138 valence electrons. The third kappa shape index (κ3) is 3.59. The van der Waals surface area contributed by atoms with Crippen molar-refractivity contribution in [3.8, 4) is 0 Å². The molecule has 2 atom stereocenters. The Morgan fingerprint density at radius 2 is 1.21 bits per heavy atom. The van der Waals surface area contributed by atoms with Crippen molar-refractivity contribution in [1.82, 2.24) is 19.6 Å². The number of urea groups is 2. The lowest BCUT2D eigenvalue weighted by Gasteiger charge is -2.26. The van der Waals surface area contributed by atoms with E-state index in [-0.39, 0.29) is 37.9 Å². The number of nitrogens with zero attached hydrogens (tertiary/aromatic N) is 4. The number of rotatable bonds is 10. The summed E-state index contributed by atoms with van der Waals surface area (Å²) in [6.07, 6.45) is 3.30. The molecule has 0 N–H and O–H groups in total. The summed E-state index contributed by atoms with van der Waals surface area (Å²) in [5.74, 6) is 0. The number of carbonyl (C=O) groups is 2. The number of hydrogen-bond acceptors (Lipinski definition) is 4. The maximum Gasteiger partial charge on any atom is 0.327 e. The van der Waals surface area contributed by atoms with Crippen LogP contribution in [0.1, 0.15) is 39.5 Å². The molecule has 0 spiro atoms. The topological polar surface area (TPSA) is 65.6 Å². The van der Waals surface area contributed by atoms with Gasteiger partial charge >= 0.3 is 12.1 Å². The van der Waals surface area contributed by atoms with Crippen LogP contribution in [0.15, 0.2) is 0 Å². The minimum atomic E-state index is -0.341. The minimum Gasteiger partial charge on any atom is -0.361 e. The van der Waals surface area contributed by atoms with Crippen molar-refractivity contribution in [2.45, 2.75) is 51.9 Å². The molecule has 2 saturated heterocycles. The second-order valence-electron chi connectivity index (χ2n) is 6.34. The van der Waals surface area contributed by atoms with Gasteiger partial charge in [-0.1, -0.05) is 26.7 Å². The molecule has 24 heavy (non-hydrogen) atoms. The molecule has 0 saturated carbocycles. The molecular formula is C16H30N4O4. The van der Waals surface area contributed by atoms with E-state index >= 15 is 0 Å². The summed E-state index contributed by atoms with van der Waals surface area (Å²) in [4.78, 5) is 31.5. The van der Waals surface area contributed by atoms with Gasteiger partial charge in [0.1, 0.15) is 13.5 Å². The van der Waals surface area contributed by atoms with Crippen LogP contribution in [0.3, 0.4) is 0 Å². The van der Waals surface area contributed by atoms with Crippen LogP contribution in [0.25, 0.3) is 0 Å². The number of fused-ring (bicyclic) bond motifs is 1. The highest BCUT2D eigenvalue weighted by molar-refractivity contribution is 5.84. The van der Waals surface area contributed by atoms with E-state index < -0.39 is 0 Å². The van der Waals surface area contributed by atoms with Crippen LogP contribution >= 0.6 is 0 Å². The molecule has 2 fully saturated rings. The fourth-order valence-electron chi connectivity index (χ4n) is 3.09. The van der Waals surface area contributed by atoms with Crippen molar-refractivity contribution < 1.29 is 19.1 Å². The lowest BCUT2D eigenvalue weighted by Crippen LogP contribution is -2.45. The summed E-state index contributed by atoms with van der Waals surface area (Å²) in [7, 11) is 3.44. The van der Waals surface area contributed by atoms with Gasteiger partial charge in [-0.15, -0.1) is 0 Å². The van der Waals surface area contributed by atoms with Gasteiger partial charge in [0.25, 0.3) is 0 Å². The zero-order chi connectivity index (χ0) is 17.7. The molecule has 2 heterocycles. The van der Waals surface area contributed by atoms with E-state index in [1.165, 1.54) is 0 Å². The number of carbonyl (C=O) groups excluding carboxylic acids is 2. The molecule has 2 unspecified atom stereocenters. The predicted molar refractivity (Wildman–Crippen MR) is 89.0 cm³/mol. The Hall–Kier alpha value is -1.54. The van der Waals surface area contributed by atoms with Gasteiger partial charge in [0, 0.05) is 27.3 Å². The zero-order valence-corrected chi connectivity index (χ0v) is 15.2. The van der Waals surface area contributed by atoms with Gasteiger partial charge in [0.2, 0.25) is 0 Å². The molecule has 2 rings (SSSR count). The summed E-state index contributed by atoms with van der Waals surface area (Å²) in [6, 6.07) is -0.251. The quantitative estimate of drug-likeness (QED) is 0.569. The van der Waals surface area contributed by atoms with E-state index in [9.17, 15) is 9.59 Å². The van der Waals surface area contributed by atoms with Crippen LogP contribution in [-0.4, -0.2) is 84.8 Å². The standard InChI is InChI=1S/C16H30N4O4/c1-5-7-9-23-11-19-13-14(18(4)15(21)17(13)3)20(16(19)22)12-24-10-8-6-2/h13-14H,5-12H2,1-4H3. The summed E-state index contributed by atoms with van der Waals surface area (Å²) in [5, 5.41) is 0. The Morgan fingerprint density at radius 1 is 0.792 bits per heavy atom. The number of hydrogen-bond donors (Lipinski definition) is 0. The molecule has 4 amide bonds. The van der Waals surface area contributed by atoms with Crippen molar-refractivity contribution in [2.75, 3.05) is 40.8 Å². The zero-order valence-electron chi connectivity index (χ0n) is 15.2. The fraction of sp³-hybridized carbons (Fsp3) is 0.875. The third-order valence-electron chi connectivity index (χ3n) is 4.54. The summed E-state index contributed by atoms with van der Waals surface area (Å²) in [6.45, 7) is 5.78. The van der Waals surface area contributed by atoms with E-state index in [1.54, 1.807) is 33.7 Å². The van der Waals surface area contributed by atoms with Crippen LogP contribution in [0.4, 0.5) is 9.59 Å². The largest absolute Gasteiger partial charge is 0.361 e. The van der Waals surface area contributed by atoms with Gasteiger partial charge in [-0.2, -0.15) is 0 Å². The molecule has 0 aliphatic carbocycles. The molecular weight excluding hydrogens is 312 g/mol. The van der Waals surface area contributed by atoms with Gasteiger partial charge in [-0.3, -0.25) is 9.80 Å². The molecule has 0 aromatic rings. The van der Waals surface area contributed by atoms with Gasteiger partial charge in [-0.05, 0) is 12.8 Å². The molecule has 8 nitrogen and oxygen atoms in total. The van der Waals surface area contributed by atoms with Gasteiger partial charge < -0.3 is 19.3 Å². The van der Waals surface area contributed by atoms with Crippen molar-refractivity contribution in [1.29, 1.82) is 0 Å². The normalized spacial score (nSPS) is 23.7. The smallest absolute Gasteiger partial charge is 0.327 e. The average molecular weight is 342 g/mol. The predicted octanol–water partition coefficient (Wildman–Crippen LogP) is 1.92. The second-order valence-corrected chi connectivity index (χ2v) is 6.34. The van der Waals surface area contributed by atoms with E-state index in [1.807, 2.05) is 0 Å². The number of unbranched alkanes of at least 4 members (excludes halogenated alkanes) is 2. The van der Waals surface area contributed by atoms with E-state index in [0.717, 1.165) is 25.7 Å². The van der Waals surface area contributed by atoms with Crippen LogP contribution in [0, 0.1) is 0 Å². The van der Waals surface area contributed by atoms with E-state index in [2.05, 4.69) is 13.8 Å². The Balaban J connectivity index is 2.05. The molecule has 8 heteroatoms. The molecule has 0 radical (unpaired) electrons. The second kappa shape index (κ2) is 8.53. The minimum absolute atomic E-state index is 0.102. The lowest BCUT2D eigenvalue weighted by atomic mass is 10.3. The maximum atomic E-state index is 12.8. The first-order valence-corrected chi connectivity index (χ1v) is 8.76. The third-order valence-corrected chi connectivity index (χ3v) is 4.54. The monoisotopic (exact) mass is 342 g/mol. The number of likely N-dealkylation sites (N-methyl/N-ethyl adjacent to an activating group) is 2. The summed E-state index contributed by atoms with van der Waals surface area (Å²) < 4.78 is 11.3. The van der Waals surface area contributed by atoms with Gasteiger partial charge in [0.15, 0.2) is 12.3 Å².